The Hall–Kier alpha value is -4.70. The van der Waals surface area contributed by atoms with Gasteiger partial charge in [-0.25, -0.2) is 0 Å². The van der Waals surface area contributed by atoms with Crippen molar-refractivity contribution in [1.82, 2.24) is 4.57 Å². The maximum atomic E-state index is 6.60. The molecule has 1 fully saturated rings. The minimum atomic E-state index is 0.165. The Bertz CT molecular complexity index is 2450. The Kier molecular flexibility index (Phi) is 8.13. The molecule has 4 nitrogen and oxygen atoms in total. The standard InChI is InChI=1S/C52H56N2O2/c1-32-19-22-37(29-34(32)3)54-43-14-7-5-12-39(43)42-31-52(4,28-27-44(42)54)35-20-23-36(24-21-35)53(38-25-26-47-41(30-38)40-13-6-8-16-46(40)55-47)45-15-10-18-49-51(45)50-33(2)11-9-17-48(50)56-49/h8-11,15-19,22,25-28,30,33-36,50H,5-7,12-14,20-21,23-24,29,31H2,1-4H3. The molecule has 0 bridgehead atoms. The van der Waals surface area contributed by atoms with Gasteiger partial charge in [-0.3, -0.25) is 0 Å². The number of aromatic nitrogens is 1. The number of furan rings is 1. The summed E-state index contributed by atoms with van der Waals surface area (Å²) < 4.78 is 15.7. The molecule has 1 aliphatic heterocycles. The molecule has 0 radical (unpaired) electrons. The van der Waals surface area contributed by atoms with Crippen LogP contribution in [0.2, 0.25) is 0 Å². The third kappa shape index (κ3) is 5.37. The molecule has 0 amide bonds. The molecule has 56 heavy (non-hydrogen) atoms. The highest BCUT2D eigenvalue weighted by Crippen LogP contribution is 2.55. The van der Waals surface area contributed by atoms with Crippen molar-refractivity contribution in [3.05, 3.63) is 130 Å². The lowest BCUT2D eigenvalue weighted by Crippen LogP contribution is -2.40. The van der Waals surface area contributed by atoms with Crippen molar-refractivity contribution in [2.75, 3.05) is 4.90 Å². The number of ether oxygens (including phenoxy) is 1. The zero-order valence-corrected chi connectivity index (χ0v) is 33.7. The third-order valence-electron chi connectivity index (χ3n) is 15.2. The van der Waals surface area contributed by atoms with Crippen LogP contribution in [0.25, 0.3) is 28.8 Å². The van der Waals surface area contributed by atoms with Crippen LogP contribution in [0.3, 0.4) is 0 Å². The summed E-state index contributed by atoms with van der Waals surface area (Å²) in [4.78, 5) is 2.73. The molecule has 286 valence electrons. The lowest BCUT2D eigenvalue weighted by atomic mass is 9.64. The average Bonchev–Trinajstić information content (AvgIpc) is 3.89. The van der Waals surface area contributed by atoms with Crippen LogP contribution in [-0.2, 0) is 25.7 Å². The maximum Gasteiger partial charge on any atom is 0.135 e. The summed E-state index contributed by atoms with van der Waals surface area (Å²) in [6.07, 6.45) is 35.5. The van der Waals surface area contributed by atoms with Gasteiger partial charge < -0.3 is 18.6 Å². The van der Waals surface area contributed by atoms with E-state index in [1.54, 1.807) is 16.8 Å². The van der Waals surface area contributed by atoms with E-state index in [1.807, 2.05) is 0 Å². The van der Waals surface area contributed by atoms with Crippen LogP contribution in [-0.4, -0.2) is 10.6 Å². The van der Waals surface area contributed by atoms with E-state index in [1.165, 1.54) is 103 Å². The fourth-order valence-electron chi connectivity index (χ4n) is 11.9. The van der Waals surface area contributed by atoms with Crippen LogP contribution < -0.4 is 9.64 Å². The van der Waals surface area contributed by atoms with Crippen molar-refractivity contribution in [2.45, 2.75) is 117 Å². The Labute approximate surface area is 333 Å². The smallest absolute Gasteiger partial charge is 0.135 e. The lowest BCUT2D eigenvalue weighted by molar-refractivity contribution is 0.177. The van der Waals surface area contributed by atoms with E-state index in [-0.39, 0.29) is 11.3 Å². The number of allylic oxidation sites excluding steroid dienone is 10. The molecule has 4 atom stereocenters. The number of nitrogens with zero attached hydrogens (tertiary/aromatic N) is 2. The van der Waals surface area contributed by atoms with E-state index >= 15 is 0 Å². The monoisotopic (exact) mass is 740 g/mol. The summed E-state index contributed by atoms with van der Waals surface area (Å²) in [5.74, 6) is 5.03. The Balaban J connectivity index is 0.932. The van der Waals surface area contributed by atoms with Gasteiger partial charge in [0, 0.05) is 51.0 Å². The maximum absolute atomic E-state index is 6.60. The van der Waals surface area contributed by atoms with Crippen molar-refractivity contribution in [3.63, 3.8) is 0 Å². The zero-order valence-electron chi connectivity index (χ0n) is 33.7. The SMILES string of the molecule is CC1=CC=C(n2c3c(c4c2CCCC4)CC(C)(C2CCC(N(c4ccc5oc6c(c5c4)CCC=C6)c4cccc5c4C4C(=CC=CC4C)O5)CC2)C=C3)CC1C. The second-order valence-electron chi connectivity index (χ2n) is 18.5. The molecule has 1 saturated carbocycles. The van der Waals surface area contributed by atoms with Crippen molar-refractivity contribution in [2.24, 2.45) is 23.2 Å². The van der Waals surface area contributed by atoms with Crippen molar-refractivity contribution < 1.29 is 9.15 Å². The number of anilines is 2. The van der Waals surface area contributed by atoms with Gasteiger partial charge in [0.15, 0.2) is 0 Å². The first-order valence-corrected chi connectivity index (χ1v) is 21.9. The average molecular weight is 741 g/mol. The molecule has 11 rings (SSSR count). The quantitative estimate of drug-likeness (QED) is 0.204. The fourth-order valence-corrected chi connectivity index (χ4v) is 11.9. The molecular formula is C52H56N2O2. The number of aryl methyl sites for hydroxylation is 1. The van der Waals surface area contributed by atoms with Crippen LogP contribution in [0.5, 0.6) is 5.75 Å². The molecule has 3 heterocycles. The number of benzene rings is 2. The second-order valence-corrected chi connectivity index (χ2v) is 18.5. The normalized spacial score (nSPS) is 28.7. The van der Waals surface area contributed by atoms with E-state index < -0.39 is 0 Å². The van der Waals surface area contributed by atoms with Crippen LogP contribution in [0, 0.1) is 23.2 Å². The molecule has 4 aromatic rings. The Morgan fingerprint density at radius 2 is 1.77 bits per heavy atom. The fraction of sp³-hybridized carbons (Fsp3) is 0.423. The van der Waals surface area contributed by atoms with Gasteiger partial charge in [-0.1, -0.05) is 62.8 Å². The van der Waals surface area contributed by atoms with Gasteiger partial charge in [-0.2, -0.15) is 0 Å². The van der Waals surface area contributed by atoms with Gasteiger partial charge in [0.05, 0.1) is 5.92 Å². The van der Waals surface area contributed by atoms with Crippen LogP contribution >= 0.6 is 0 Å². The molecule has 2 aromatic carbocycles. The van der Waals surface area contributed by atoms with Gasteiger partial charge in [-0.15, -0.1) is 0 Å². The molecule has 6 aliphatic carbocycles. The first-order chi connectivity index (χ1) is 27.3. The topological polar surface area (TPSA) is 30.5 Å². The van der Waals surface area contributed by atoms with E-state index in [4.69, 9.17) is 9.15 Å². The predicted molar refractivity (Wildman–Crippen MR) is 231 cm³/mol. The van der Waals surface area contributed by atoms with Gasteiger partial charge in [0.2, 0.25) is 0 Å². The zero-order chi connectivity index (χ0) is 37.7. The predicted octanol–water partition coefficient (Wildman–Crippen LogP) is 13.4. The summed E-state index contributed by atoms with van der Waals surface area (Å²) in [6, 6.07) is 14.2. The van der Waals surface area contributed by atoms with Crippen LogP contribution in [0.15, 0.2) is 94.7 Å². The lowest BCUT2D eigenvalue weighted by Gasteiger charge is -2.45. The summed E-state index contributed by atoms with van der Waals surface area (Å²) in [5.41, 5.74) is 15.9. The largest absolute Gasteiger partial charge is 0.461 e. The summed E-state index contributed by atoms with van der Waals surface area (Å²) in [7, 11) is 0. The molecule has 7 aliphatic rings. The van der Waals surface area contributed by atoms with Crippen molar-refractivity contribution in [3.8, 4) is 5.75 Å². The minimum Gasteiger partial charge on any atom is -0.461 e. The number of hydrogen-bond acceptors (Lipinski definition) is 3. The van der Waals surface area contributed by atoms with Crippen LogP contribution in [0.1, 0.15) is 124 Å². The molecular weight excluding hydrogens is 685 g/mol. The number of rotatable bonds is 5. The molecule has 0 N–H and O–H groups in total. The molecule has 0 saturated heterocycles. The molecule has 4 unspecified atom stereocenters. The van der Waals surface area contributed by atoms with Gasteiger partial charge >= 0.3 is 0 Å². The van der Waals surface area contributed by atoms with E-state index in [2.05, 4.69) is 128 Å². The van der Waals surface area contributed by atoms with Crippen molar-refractivity contribution in [1.29, 1.82) is 0 Å². The number of fused-ring (bicyclic) bond motifs is 9. The highest BCUT2D eigenvalue weighted by molar-refractivity contribution is 5.90. The van der Waals surface area contributed by atoms with Crippen molar-refractivity contribution >= 4 is 40.2 Å². The van der Waals surface area contributed by atoms with E-state index in [9.17, 15) is 0 Å². The third-order valence-corrected chi connectivity index (χ3v) is 15.2. The highest BCUT2D eigenvalue weighted by atomic mass is 16.5. The summed E-state index contributed by atoms with van der Waals surface area (Å²) in [5, 5.41) is 1.27. The Morgan fingerprint density at radius 1 is 0.893 bits per heavy atom. The molecule has 4 heteroatoms. The molecule has 2 aromatic heterocycles. The van der Waals surface area contributed by atoms with E-state index in [0.717, 1.165) is 42.1 Å². The van der Waals surface area contributed by atoms with Crippen LogP contribution in [0.4, 0.5) is 11.4 Å². The first-order valence-electron chi connectivity index (χ1n) is 21.9. The van der Waals surface area contributed by atoms with Gasteiger partial charge in [0.25, 0.3) is 0 Å². The second kappa shape index (κ2) is 13.2. The van der Waals surface area contributed by atoms with Gasteiger partial charge in [-0.05, 0) is 173 Å². The summed E-state index contributed by atoms with van der Waals surface area (Å²) in [6.45, 7) is 9.62. The summed E-state index contributed by atoms with van der Waals surface area (Å²) >= 11 is 0. The minimum absolute atomic E-state index is 0.165. The highest BCUT2D eigenvalue weighted by Gasteiger charge is 2.43. The first kappa shape index (κ1) is 34.5. The molecule has 0 spiro atoms. The van der Waals surface area contributed by atoms with Gasteiger partial charge in [0.1, 0.15) is 22.9 Å². The number of hydrogen-bond donors (Lipinski definition) is 0. The van der Waals surface area contributed by atoms with E-state index in [0.29, 0.717) is 23.8 Å². The Morgan fingerprint density at radius 3 is 2.64 bits per heavy atom.